The molecule has 0 aliphatic carbocycles. The van der Waals surface area contributed by atoms with E-state index in [2.05, 4.69) is 15.9 Å². The maximum Gasteiger partial charge on any atom is 0.124 e. The van der Waals surface area contributed by atoms with Crippen LogP contribution in [-0.2, 0) is 0 Å². The van der Waals surface area contributed by atoms with Gasteiger partial charge < -0.3 is 10.5 Å². The van der Waals surface area contributed by atoms with Crippen LogP contribution in [0, 0.1) is 11.3 Å². The summed E-state index contributed by atoms with van der Waals surface area (Å²) in [5, 5.41) is 8.54. The third-order valence-corrected chi connectivity index (χ3v) is 2.40. The lowest BCUT2D eigenvalue weighted by atomic mass is 10.0. The highest BCUT2D eigenvalue weighted by atomic mass is 79.9. The molecule has 0 fully saturated rings. The fourth-order valence-electron chi connectivity index (χ4n) is 1.20. The van der Waals surface area contributed by atoms with Gasteiger partial charge in [0.25, 0.3) is 0 Å². The molecule has 0 aliphatic heterocycles. The van der Waals surface area contributed by atoms with Crippen molar-refractivity contribution >= 4 is 15.9 Å². The van der Waals surface area contributed by atoms with Crippen molar-refractivity contribution in [2.75, 3.05) is 7.11 Å². The van der Waals surface area contributed by atoms with Crippen molar-refractivity contribution in [3.05, 3.63) is 28.2 Å². The summed E-state index contributed by atoms with van der Waals surface area (Å²) in [6.07, 6.45) is 0.290. The average Bonchev–Trinajstić information content (AvgIpc) is 2.17. The fraction of sp³-hybridized carbons (Fsp3) is 0.300. The van der Waals surface area contributed by atoms with Gasteiger partial charge in [-0.3, -0.25) is 0 Å². The van der Waals surface area contributed by atoms with Crippen molar-refractivity contribution in [3.8, 4) is 11.8 Å². The smallest absolute Gasteiger partial charge is 0.124 e. The van der Waals surface area contributed by atoms with Crippen LogP contribution in [0.25, 0.3) is 0 Å². The minimum Gasteiger partial charge on any atom is -0.496 e. The molecule has 1 rings (SSSR count). The molecule has 3 nitrogen and oxygen atoms in total. The zero-order valence-corrected chi connectivity index (χ0v) is 9.41. The predicted octanol–water partition coefficient (Wildman–Crippen LogP) is 2.37. The van der Waals surface area contributed by atoms with E-state index < -0.39 is 0 Å². The molecule has 0 amide bonds. The highest BCUT2D eigenvalue weighted by molar-refractivity contribution is 9.10. The quantitative estimate of drug-likeness (QED) is 0.901. The summed E-state index contributed by atoms with van der Waals surface area (Å²) in [6, 6.07) is 7.34. The molecule has 0 radical (unpaired) electrons. The summed E-state index contributed by atoms with van der Waals surface area (Å²) < 4.78 is 6.11. The van der Waals surface area contributed by atoms with Crippen molar-refractivity contribution in [2.45, 2.75) is 12.5 Å². The molecule has 4 heteroatoms. The lowest BCUT2D eigenvalue weighted by Gasteiger charge is -2.13. The van der Waals surface area contributed by atoms with Crippen LogP contribution in [0.4, 0.5) is 0 Å². The summed E-state index contributed by atoms with van der Waals surface area (Å²) in [6.45, 7) is 0. The average molecular weight is 255 g/mol. The Morgan fingerprint density at radius 1 is 1.64 bits per heavy atom. The highest BCUT2D eigenvalue weighted by Crippen LogP contribution is 2.28. The van der Waals surface area contributed by atoms with Gasteiger partial charge in [-0.05, 0) is 12.1 Å². The van der Waals surface area contributed by atoms with Crippen LogP contribution < -0.4 is 10.5 Å². The van der Waals surface area contributed by atoms with Crippen LogP contribution in [0.2, 0.25) is 0 Å². The van der Waals surface area contributed by atoms with E-state index >= 15 is 0 Å². The molecule has 0 bridgehead atoms. The first kappa shape index (κ1) is 11.0. The number of halogens is 1. The van der Waals surface area contributed by atoms with Crippen LogP contribution in [0.1, 0.15) is 18.0 Å². The molecule has 0 aliphatic rings. The van der Waals surface area contributed by atoms with Crippen molar-refractivity contribution in [1.82, 2.24) is 0 Å². The number of benzene rings is 1. The van der Waals surface area contributed by atoms with Gasteiger partial charge in [-0.2, -0.15) is 5.26 Å². The Bertz CT molecular complexity index is 360. The Morgan fingerprint density at radius 2 is 2.36 bits per heavy atom. The molecule has 2 N–H and O–H groups in total. The van der Waals surface area contributed by atoms with Gasteiger partial charge in [0.15, 0.2) is 0 Å². The van der Waals surface area contributed by atoms with Gasteiger partial charge in [0.05, 0.1) is 19.6 Å². The number of rotatable bonds is 3. The topological polar surface area (TPSA) is 59.0 Å². The minimum absolute atomic E-state index is 0.289. The summed E-state index contributed by atoms with van der Waals surface area (Å²) in [5.41, 5.74) is 6.67. The van der Waals surface area contributed by atoms with Crippen LogP contribution in [0.5, 0.6) is 5.75 Å². The third kappa shape index (κ3) is 2.47. The van der Waals surface area contributed by atoms with E-state index in [1.54, 1.807) is 7.11 Å². The fourth-order valence-corrected chi connectivity index (χ4v) is 1.54. The molecular weight excluding hydrogens is 244 g/mol. The Morgan fingerprint density at radius 3 is 2.93 bits per heavy atom. The second-order valence-corrected chi connectivity index (χ2v) is 3.77. The maximum absolute atomic E-state index is 8.54. The van der Waals surface area contributed by atoms with Gasteiger partial charge in [-0.1, -0.05) is 22.0 Å². The van der Waals surface area contributed by atoms with Gasteiger partial charge in [0.1, 0.15) is 5.75 Å². The number of hydrogen-bond acceptors (Lipinski definition) is 3. The lowest BCUT2D eigenvalue weighted by molar-refractivity contribution is 0.405. The van der Waals surface area contributed by atoms with Gasteiger partial charge in [-0.25, -0.2) is 0 Å². The molecule has 0 spiro atoms. The molecule has 0 heterocycles. The third-order valence-electron chi connectivity index (χ3n) is 1.91. The Balaban J connectivity index is 3.02. The SMILES string of the molecule is COc1cc(Br)ccc1[C@@H](N)CC#N. The molecule has 14 heavy (non-hydrogen) atoms. The number of ether oxygens (including phenoxy) is 1. The maximum atomic E-state index is 8.54. The van der Waals surface area contributed by atoms with Crippen molar-refractivity contribution in [3.63, 3.8) is 0 Å². The van der Waals surface area contributed by atoms with Crippen LogP contribution >= 0.6 is 15.9 Å². The van der Waals surface area contributed by atoms with Gasteiger partial charge >= 0.3 is 0 Å². The van der Waals surface area contributed by atoms with E-state index in [1.165, 1.54) is 0 Å². The molecule has 0 aromatic heterocycles. The molecule has 0 unspecified atom stereocenters. The molecule has 0 saturated heterocycles. The molecule has 74 valence electrons. The molecule has 1 atom stereocenters. The number of nitrogens with zero attached hydrogens (tertiary/aromatic N) is 1. The highest BCUT2D eigenvalue weighted by Gasteiger charge is 2.11. The van der Waals surface area contributed by atoms with E-state index in [-0.39, 0.29) is 12.5 Å². The molecule has 0 saturated carbocycles. The van der Waals surface area contributed by atoms with Gasteiger partial charge in [0.2, 0.25) is 0 Å². The summed E-state index contributed by atoms with van der Waals surface area (Å²) >= 11 is 3.34. The largest absolute Gasteiger partial charge is 0.496 e. The van der Waals surface area contributed by atoms with Crippen molar-refractivity contribution in [1.29, 1.82) is 5.26 Å². The first-order chi connectivity index (χ1) is 6.69. The normalized spacial score (nSPS) is 11.9. The second kappa shape index (κ2) is 4.99. The Labute approximate surface area is 91.6 Å². The first-order valence-electron chi connectivity index (χ1n) is 4.15. The van der Waals surface area contributed by atoms with E-state index in [4.69, 9.17) is 15.7 Å². The number of hydrogen-bond donors (Lipinski definition) is 1. The van der Waals surface area contributed by atoms with E-state index in [1.807, 2.05) is 24.3 Å². The van der Waals surface area contributed by atoms with E-state index in [0.29, 0.717) is 5.75 Å². The minimum atomic E-state index is -0.289. The predicted molar refractivity (Wildman–Crippen MR) is 57.9 cm³/mol. The first-order valence-corrected chi connectivity index (χ1v) is 4.94. The summed E-state index contributed by atoms with van der Waals surface area (Å²) in [4.78, 5) is 0. The van der Waals surface area contributed by atoms with Crippen LogP contribution in [0.3, 0.4) is 0 Å². The van der Waals surface area contributed by atoms with Gasteiger partial charge in [-0.15, -0.1) is 0 Å². The van der Waals surface area contributed by atoms with Crippen molar-refractivity contribution < 1.29 is 4.74 Å². The molecule has 1 aromatic rings. The van der Waals surface area contributed by atoms with E-state index in [0.717, 1.165) is 10.0 Å². The second-order valence-electron chi connectivity index (χ2n) is 2.86. The molecular formula is C10H11BrN2O. The monoisotopic (exact) mass is 254 g/mol. The van der Waals surface area contributed by atoms with E-state index in [9.17, 15) is 0 Å². The molecule has 1 aromatic carbocycles. The standard InChI is InChI=1S/C10H11BrN2O/c1-14-10-6-7(11)2-3-8(10)9(13)4-5-12/h2-3,6,9H,4,13H2,1H3/t9-/m0/s1. The van der Waals surface area contributed by atoms with Gasteiger partial charge in [0, 0.05) is 16.1 Å². The Kier molecular flexibility index (Phi) is 3.93. The van der Waals surface area contributed by atoms with Crippen molar-refractivity contribution in [2.24, 2.45) is 5.73 Å². The summed E-state index contributed by atoms with van der Waals surface area (Å²) in [5.74, 6) is 0.710. The zero-order valence-electron chi connectivity index (χ0n) is 7.83. The number of methoxy groups -OCH3 is 1. The van der Waals surface area contributed by atoms with Crippen LogP contribution in [0.15, 0.2) is 22.7 Å². The zero-order chi connectivity index (χ0) is 10.6. The summed E-state index contributed by atoms with van der Waals surface area (Å²) in [7, 11) is 1.59. The number of nitrogens with two attached hydrogens (primary N) is 1. The van der Waals surface area contributed by atoms with Crippen LogP contribution in [-0.4, -0.2) is 7.11 Å². The number of nitriles is 1. The Hall–Kier alpha value is -1.05. The lowest BCUT2D eigenvalue weighted by Crippen LogP contribution is -2.10.